The van der Waals surface area contributed by atoms with E-state index >= 15 is 0 Å². The fraction of sp³-hybridized carbons (Fsp3) is 0.517. The summed E-state index contributed by atoms with van der Waals surface area (Å²) in [5.74, 6) is -0.141. The molecule has 2 aromatic rings. The molecule has 0 spiro atoms. The van der Waals surface area contributed by atoms with Crippen molar-refractivity contribution in [1.29, 1.82) is 0 Å². The molecule has 2 aromatic carbocycles. The van der Waals surface area contributed by atoms with Crippen LogP contribution in [0.25, 0.3) is 0 Å². The highest BCUT2D eigenvalue weighted by atomic mass is 32.2. The molecular formula is C29H38N4O4S. The average molecular weight is 539 g/mol. The van der Waals surface area contributed by atoms with Crippen LogP contribution in [-0.4, -0.2) is 67.7 Å². The Morgan fingerprint density at radius 1 is 0.947 bits per heavy atom. The molecule has 3 aliphatic rings. The molecule has 2 saturated heterocycles. The maximum Gasteiger partial charge on any atom is 0.243 e. The van der Waals surface area contributed by atoms with Gasteiger partial charge in [-0.05, 0) is 68.4 Å². The van der Waals surface area contributed by atoms with Crippen LogP contribution in [-0.2, 0) is 32.6 Å². The fourth-order valence-electron chi connectivity index (χ4n) is 6.15. The van der Waals surface area contributed by atoms with Gasteiger partial charge in [0.2, 0.25) is 21.8 Å². The highest BCUT2D eigenvalue weighted by Crippen LogP contribution is 2.35. The van der Waals surface area contributed by atoms with Crippen LogP contribution < -0.4 is 10.2 Å². The Kier molecular flexibility index (Phi) is 7.88. The summed E-state index contributed by atoms with van der Waals surface area (Å²) in [7, 11) is -3.65. The minimum Gasteiger partial charge on any atom is -0.353 e. The first-order valence-electron chi connectivity index (χ1n) is 13.7. The summed E-state index contributed by atoms with van der Waals surface area (Å²) in [6.07, 6.45) is 3.56. The summed E-state index contributed by atoms with van der Waals surface area (Å²) < 4.78 is 28.3. The fourth-order valence-corrected chi connectivity index (χ4v) is 7.67. The molecule has 204 valence electrons. The van der Waals surface area contributed by atoms with Gasteiger partial charge in [0.25, 0.3) is 0 Å². The number of piperidine rings is 2. The van der Waals surface area contributed by atoms with Gasteiger partial charge in [-0.1, -0.05) is 30.3 Å². The van der Waals surface area contributed by atoms with Crippen molar-refractivity contribution >= 4 is 27.5 Å². The lowest BCUT2D eigenvalue weighted by Crippen LogP contribution is -2.48. The number of carbonyl (C=O) groups is 2. The van der Waals surface area contributed by atoms with Crippen molar-refractivity contribution in [3.8, 4) is 0 Å². The molecule has 0 bridgehead atoms. The van der Waals surface area contributed by atoms with Crippen molar-refractivity contribution < 1.29 is 18.0 Å². The van der Waals surface area contributed by atoms with Crippen LogP contribution >= 0.6 is 0 Å². The molecule has 0 saturated carbocycles. The summed E-state index contributed by atoms with van der Waals surface area (Å²) in [5, 5.41) is 3.24. The van der Waals surface area contributed by atoms with Crippen molar-refractivity contribution in [2.45, 2.75) is 69.5 Å². The van der Waals surface area contributed by atoms with Gasteiger partial charge in [0, 0.05) is 63.3 Å². The third-order valence-corrected chi connectivity index (χ3v) is 10.1. The number of rotatable bonds is 6. The van der Waals surface area contributed by atoms with Crippen molar-refractivity contribution in [3.05, 3.63) is 59.7 Å². The molecule has 1 atom stereocenters. The van der Waals surface area contributed by atoms with E-state index in [0.717, 1.165) is 43.7 Å². The van der Waals surface area contributed by atoms with E-state index in [1.807, 2.05) is 13.0 Å². The molecule has 0 aromatic heterocycles. The van der Waals surface area contributed by atoms with Crippen molar-refractivity contribution in [2.75, 3.05) is 31.1 Å². The number of hydrogen-bond donors (Lipinski definition) is 1. The second-order valence-corrected chi connectivity index (χ2v) is 12.9. The van der Waals surface area contributed by atoms with Crippen molar-refractivity contribution in [1.82, 2.24) is 14.5 Å². The SMILES string of the molecule is CC(=O)N1c2ccc(S(=O)(=O)N3CCC(C(=O)NC4CCN(Cc5ccccc5)CC4)CC3)cc2C[C@H]1C. The topological polar surface area (TPSA) is 90.0 Å². The molecule has 5 rings (SSSR count). The monoisotopic (exact) mass is 538 g/mol. The number of hydrogen-bond acceptors (Lipinski definition) is 5. The standard InChI is InChI=1S/C29H38N4O4S/c1-21-18-25-19-27(8-9-28(25)33(21)22(2)34)38(36,37)32-16-10-24(11-17-32)29(35)30-26-12-14-31(15-13-26)20-23-6-4-3-5-7-23/h3-9,19,21,24,26H,10-18,20H2,1-2H3,(H,30,35)/t21-/m1/s1. The maximum absolute atomic E-state index is 13.4. The zero-order chi connectivity index (χ0) is 26.9. The quantitative estimate of drug-likeness (QED) is 0.610. The second-order valence-electron chi connectivity index (χ2n) is 11.0. The van der Waals surface area contributed by atoms with E-state index in [-0.39, 0.29) is 34.7 Å². The van der Waals surface area contributed by atoms with E-state index in [9.17, 15) is 18.0 Å². The molecule has 8 nitrogen and oxygen atoms in total. The van der Waals surface area contributed by atoms with E-state index in [1.54, 1.807) is 23.1 Å². The van der Waals surface area contributed by atoms with Crippen LogP contribution in [0.1, 0.15) is 50.7 Å². The number of nitrogens with one attached hydrogen (secondary N) is 1. The normalized spacial score (nSPS) is 21.8. The number of benzene rings is 2. The lowest BCUT2D eigenvalue weighted by Gasteiger charge is -2.34. The molecule has 2 amide bonds. The predicted octanol–water partition coefficient (Wildman–Crippen LogP) is 3.17. The van der Waals surface area contributed by atoms with Crippen LogP contribution in [0.2, 0.25) is 0 Å². The molecule has 0 unspecified atom stereocenters. The molecule has 0 radical (unpaired) electrons. The Labute approximate surface area is 226 Å². The Bertz CT molecular complexity index is 1270. The second kappa shape index (κ2) is 11.2. The smallest absolute Gasteiger partial charge is 0.243 e. The molecule has 1 N–H and O–H groups in total. The number of nitrogens with zero attached hydrogens (tertiary/aromatic N) is 3. The van der Waals surface area contributed by atoms with Gasteiger partial charge < -0.3 is 10.2 Å². The third kappa shape index (κ3) is 5.65. The molecule has 9 heteroatoms. The van der Waals surface area contributed by atoms with E-state index in [1.165, 1.54) is 16.8 Å². The number of anilines is 1. The van der Waals surface area contributed by atoms with Gasteiger partial charge in [0.05, 0.1) is 4.90 Å². The highest BCUT2D eigenvalue weighted by Gasteiger charge is 2.35. The van der Waals surface area contributed by atoms with Gasteiger partial charge in [-0.3, -0.25) is 14.5 Å². The van der Waals surface area contributed by atoms with E-state index < -0.39 is 10.0 Å². The first kappa shape index (κ1) is 26.8. The van der Waals surface area contributed by atoms with Crippen molar-refractivity contribution in [2.24, 2.45) is 5.92 Å². The van der Waals surface area contributed by atoms with Gasteiger partial charge >= 0.3 is 0 Å². The molecule has 2 fully saturated rings. The Balaban J connectivity index is 1.11. The van der Waals surface area contributed by atoms with E-state index in [0.29, 0.717) is 32.4 Å². The predicted molar refractivity (Wildman–Crippen MR) is 147 cm³/mol. The van der Waals surface area contributed by atoms with Gasteiger partial charge in [-0.25, -0.2) is 8.42 Å². The number of amides is 2. The zero-order valence-electron chi connectivity index (χ0n) is 22.3. The van der Waals surface area contributed by atoms with E-state index in [4.69, 9.17) is 0 Å². The summed E-state index contributed by atoms with van der Waals surface area (Å²) >= 11 is 0. The van der Waals surface area contributed by atoms with E-state index in [2.05, 4.69) is 34.5 Å². The highest BCUT2D eigenvalue weighted by molar-refractivity contribution is 7.89. The largest absolute Gasteiger partial charge is 0.353 e. The minimum atomic E-state index is -3.65. The summed E-state index contributed by atoms with van der Waals surface area (Å²) in [6, 6.07) is 15.7. The first-order chi connectivity index (χ1) is 18.2. The van der Waals surface area contributed by atoms with Gasteiger partial charge in [0.1, 0.15) is 0 Å². The summed E-state index contributed by atoms with van der Waals surface area (Å²) in [4.78, 5) is 29.4. The molecular weight excluding hydrogens is 500 g/mol. The van der Waals surface area contributed by atoms with Crippen LogP contribution in [0, 0.1) is 5.92 Å². The third-order valence-electron chi connectivity index (χ3n) is 8.25. The van der Waals surface area contributed by atoms with Crippen molar-refractivity contribution in [3.63, 3.8) is 0 Å². The molecule has 3 heterocycles. The number of carbonyl (C=O) groups excluding carboxylic acids is 2. The van der Waals surface area contributed by atoms with Crippen LogP contribution in [0.4, 0.5) is 5.69 Å². The molecule has 3 aliphatic heterocycles. The maximum atomic E-state index is 13.4. The van der Waals surface area contributed by atoms with Gasteiger partial charge in [-0.15, -0.1) is 0 Å². The zero-order valence-corrected chi connectivity index (χ0v) is 23.1. The number of fused-ring (bicyclic) bond motifs is 1. The first-order valence-corrected chi connectivity index (χ1v) is 15.2. The molecule has 38 heavy (non-hydrogen) atoms. The number of sulfonamides is 1. The lowest BCUT2D eigenvalue weighted by atomic mass is 9.95. The Morgan fingerprint density at radius 2 is 1.63 bits per heavy atom. The summed E-state index contributed by atoms with van der Waals surface area (Å²) in [6.45, 7) is 7.03. The Hall–Kier alpha value is -2.75. The van der Waals surface area contributed by atoms with Crippen LogP contribution in [0.3, 0.4) is 0 Å². The Morgan fingerprint density at radius 3 is 2.29 bits per heavy atom. The minimum absolute atomic E-state index is 0.0193. The summed E-state index contributed by atoms with van der Waals surface area (Å²) in [5.41, 5.74) is 2.99. The van der Waals surface area contributed by atoms with Crippen LogP contribution in [0.15, 0.2) is 53.4 Å². The average Bonchev–Trinajstić information content (AvgIpc) is 3.25. The van der Waals surface area contributed by atoms with Crippen LogP contribution in [0.5, 0.6) is 0 Å². The van der Waals surface area contributed by atoms with Gasteiger partial charge in [0.15, 0.2) is 0 Å². The molecule has 0 aliphatic carbocycles. The van der Waals surface area contributed by atoms with Gasteiger partial charge in [-0.2, -0.15) is 4.31 Å². The lowest BCUT2D eigenvalue weighted by molar-refractivity contribution is -0.127. The number of likely N-dealkylation sites (tertiary alicyclic amines) is 1.